The topological polar surface area (TPSA) is 29.5 Å². The normalized spacial score (nSPS) is 15.7. The molecule has 1 amide bonds. The molecule has 21 heavy (non-hydrogen) atoms. The van der Waals surface area contributed by atoms with Gasteiger partial charge in [0.2, 0.25) is 0 Å². The van der Waals surface area contributed by atoms with Crippen LogP contribution in [0.1, 0.15) is 30.4 Å². The highest BCUT2D eigenvalue weighted by Crippen LogP contribution is 2.43. The van der Waals surface area contributed by atoms with Crippen LogP contribution in [-0.2, 0) is 4.79 Å². The lowest BCUT2D eigenvalue weighted by Crippen LogP contribution is -2.34. The molecule has 0 spiro atoms. The fourth-order valence-corrected chi connectivity index (χ4v) is 5.11. The molecule has 0 bridgehead atoms. The first kappa shape index (κ1) is 16.6. The lowest BCUT2D eigenvalue weighted by molar-refractivity contribution is -0.132. The summed E-state index contributed by atoms with van der Waals surface area (Å²) in [5.74, 6) is 3.30. The van der Waals surface area contributed by atoms with E-state index in [4.69, 9.17) is 4.74 Å². The SMILES string of the molecule is CCN(CC)C(=O)COc1ccc(C2SCCCS2)cc1. The third-order valence-electron chi connectivity index (χ3n) is 3.46. The van der Waals surface area contributed by atoms with Gasteiger partial charge in [0.15, 0.2) is 6.61 Å². The molecular formula is C16H23NO2S2. The van der Waals surface area contributed by atoms with E-state index >= 15 is 0 Å². The Balaban J connectivity index is 1.86. The summed E-state index contributed by atoms with van der Waals surface area (Å²) in [6.45, 7) is 5.54. The number of amides is 1. The van der Waals surface area contributed by atoms with E-state index in [1.807, 2.05) is 49.5 Å². The zero-order chi connectivity index (χ0) is 15.1. The molecule has 0 atom stereocenters. The molecular weight excluding hydrogens is 302 g/mol. The number of carbonyl (C=O) groups excluding carboxylic acids is 1. The Morgan fingerprint density at radius 2 is 1.81 bits per heavy atom. The number of benzene rings is 1. The van der Waals surface area contributed by atoms with Crippen molar-refractivity contribution >= 4 is 29.4 Å². The van der Waals surface area contributed by atoms with Crippen LogP contribution < -0.4 is 4.74 Å². The molecule has 1 heterocycles. The molecule has 1 aliphatic heterocycles. The van der Waals surface area contributed by atoms with Gasteiger partial charge in [0.1, 0.15) is 5.75 Å². The standard InChI is InChI=1S/C16H23NO2S2/c1-3-17(4-2)15(18)12-19-14-8-6-13(7-9-14)16-20-10-5-11-21-16/h6-9,16H,3-5,10-12H2,1-2H3. The van der Waals surface area contributed by atoms with Gasteiger partial charge in [-0.1, -0.05) is 12.1 Å². The van der Waals surface area contributed by atoms with Crippen LogP contribution in [0.3, 0.4) is 0 Å². The van der Waals surface area contributed by atoms with Crippen molar-refractivity contribution < 1.29 is 9.53 Å². The van der Waals surface area contributed by atoms with Crippen LogP contribution in [0.2, 0.25) is 0 Å². The summed E-state index contributed by atoms with van der Waals surface area (Å²) in [7, 11) is 0. The highest BCUT2D eigenvalue weighted by atomic mass is 32.2. The lowest BCUT2D eigenvalue weighted by atomic mass is 10.2. The zero-order valence-electron chi connectivity index (χ0n) is 12.7. The molecule has 0 aliphatic carbocycles. The van der Waals surface area contributed by atoms with E-state index in [1.54, 1.807) is 4.90 Å². The molecule has 1 aromatic rings. The number of carbonyl (C=O) groups is 1. The monoisotopic (exact) mass is 325 g/mol. The molecule has 1 aromatic carbocycles. The fraction of sp³-hybridized carbons (Fsp3) is 0.562. The first-order chi connectivity index (χ1) is 10.2. The molecule has 0 saturated carbocycles. The maximum absolute atomic E-state index is 11.9. The molecule has 1 aliphatic rings. The summed E-state index contributed by atoms with van der Waals surface area (Å²) in [5, 5.41) is 0. The van der Waals surface area contributed by atoms with E-state index in [0.717, 1.165) is 18.8 Å². The van der Waals surface area contributed by atoms with Crippen LogP contribution in [-0.4, -0.2) is 42.0 Å². The maximum atomic E-state index is 11.9. The van der Waals surface area contributed by atoms with Crippen LogP contribution in [0.25, 0.3) is 0 Å². The number of thioether (sulfide) groups is 2. The Morgan fingerprint density at radius 1 is 1.19 bits per heavy atom. The highest BCUT2D eigenvalue weighted by Gasteiger charge is 2.16. The number of hydrogen-bond acceptors (Lipinski definition) is 4. The van der Waals surface area contributed by atoms with Crippen molar-refractivity contribution in [2.75, 3.05) is 31.2 Å². The van der Waals surface area contributed by atoms with Crippen molar-refractivity contribution in [3.8, 4) is 5.75 Å². The Morgan fingerprint density at radius 3 is 2.38 bits per heavy atom. The van der Waals surface area contributed by atoms with Crippen molar-refractivity contribution in [3.05, 3.63) is 29.8 Å². The van der Waals surface area contributed by atoms with E-state index in [1.165, 1.54) is 23.5 Å². The summed E-state index contributed by atoms with van der Waals surface area (Å²) < 4.78 is 6.14. The van der Waals surface area contributed by atoms with E-state index in [0.29, 0.717) is 4.58 Å². The predicted octanol–water partition coefficient (Wildman–Crippen LogP) is 3.80. The Kier molecular flexibility index (Phi) is 6.77. The second-order valence-electron chi connectivity index (χ2n) is 4.85. The van der Waals surface area contributed by atoms with Crippen LogP contribution in [0.15, 0.2) is 24.3 Å². The number of nitrogens with zero attached hydrogens (tertiary/aromatic N) is 1. The van der Waals surface area contributed by atoms with Crippen LogP contribution in [0, 0.1) is 0 Å². The van der Waals surface area contributed by atoms with Gasteiger partial charge in [0, 0.05) is 13.1 Å². The highest BCUT2D eigenvalue weighted by molar-refractivity contribution is 8.16. The third-order valence-corrected chi connectivity index (χ3v) is 6.47. The number of hydrogen-bond donors (Lipinski definition) is 0. The van der Waals surface area contributed by atoms with Crippen LogP contribution in [0.5, 0.6) is 5.75 Å². The average molecular weight is 325 g/mol. The molecule has 0 unspecified atom stereocenters. The molecule has 3 nitrogen and oxygen atoms in total. The third kappa shape index (κ3) is 4.85. The van der Waals surface area contributed by atoms with Crippen LogP contribution in [0.4, 0.5) is 0 Å². The maximum Gasteiger partial charge on any atom is 0.260 e. The number of likely N-dealkylation sites (N-methyl/N-ethyl adjacent to an activating group) is 1. The molecule has 2 rings (SSSR count). The lowest BCUT2D eigenvalue weighted by Gasteiger charge is -2.21. The van der Waals surface area contributed by atoms with Gasteiger partial charge in [0.25, 0.3) is 5.91 Å². The van der Waals surface area contributed by atoms with Crippen molar-refractivity contribution in [1.82, 2.24) is 4.90 Å². The van der Waals surface area contributed by atoms with Crippen molar-refractivity contribution in [2.24, 2.45) is 0 Å². The summed E-state index contributed by atoms with van der Waals surface area (Å²) in [6.07, 6.45) is 1.31. The fourth-order valence-electron chi connectivity index (χ4n) is 2.21. The van der Waals surface area contributed by atoms with Gasteiger partial charge in [-0.3, -0.25) is 4.79 Å². The summed E-state index contributed by atoms with van der Waals surface area (Å²) in [4.78, 5) is 13.7. The molecule has 0 aromatic heterocycles. The van der Waals surface area contributed by atoms with Gasteiger partial charge in [-0.15, -0.1) is 23.5 Å². The number of ether oxygens (including phenoxy) is 1. The van der Waals surface area contributed by atoms with Gasteiger partial charge < -0.3 is 9.64 Å². The number of rotatable bonds is 6. The average Bonchev–Trinajstić information content (AvgIpc) is 2.55. The Bertz CT molecular complexity index is 440. The molecule has 0 N–H and O–H groups in total. The second-order valence-corrected chi connectivity index (χ2v) is 7.58. The molecule has 5 heteroatoms. The van der Waals surface area contributed by atoms with Crippen molar-refractivity contribution in [3.63, 3.8) is 0 Å². The summed E-state index contributed by atoms with van der Waals surface area (Å²) >= 11 is 4.02. The summed E-state index contributed by atoms with van der Waals surface area (Å²) in [6, 6.07) is 8.18. The Labute approximate surface area is 135 Å². The van der Waals surface area contributed by atoms with E-state index in [-0.39, 0.29) is 12.5 Å². The van der Waals surface area contributed by atoms with E-state index in [9.17, 15) is 4.79 Å². The minimum atomic E-state index is 0.0440. The largest absolute Gasteiger partial charge is 0.484 e. The van der Waals surface area contributed by atoms with Gasteiger partial charge in [-0.2, -0.15) is 0 Å². The first-order valence-corrected chi connectivity index (χ1v) is 9.58. The summed E-state index contributed by atoms with van der Waals surface area (Å²) in [5.41, 5.74) is 1.34. The molecule has 1 saturated heterocycles. The van der Waals surface area contributed by atoms with Gasteiger partial charge in [0.05, 0.1) is 4.58 Å². The molecule has 1 fully saturated rings. The van der Waals surface area contributed by atoms with Gasteiger partial charge >= 0.3 is 0 Å². The second kappa shape index (κ2) is 8.59. The minimum absolute atomic E-state index is 0.0440. The first-order valence-electron chi connectivity index (χ1n) is 7.48. The molecule has 0 radical (unpaired) electrons. The molecule has 116 valence electrons. The van der Waals surface area contributed by atoms with E-state index in [2.05, 4.69) is 12.1 Å². The minimum Gasteiger partial charge on any atom is -0.484 e. The van der Waals surface area contributed by atoms with Gasteiger partial charge in [-0.25, -0.2) is 0 Å². The smallest absolute Gasteiger partial charge is 0.260 e. The van der Waals surface area contributed by atoms with Gasteiger partial charge in [-0.05, 0) is 49.5 Å². The van der Waals surface area contributed by atoms with Crippen molar-refractivity contribution in [2.45, 2.75) is 24.9 Å². The van der Waals surface area contributed by atoms with Crippen molar-refractivity contribution in [1.29, 1.82) is 0 Å². The van der Waals surface area contributed by atoms with Crippen LogP contribution >= 0.6 is 23.5 Å². The van der Waals surface area contributed by atoms with E-state index < -0.39 is 0 Å². The predicted molar refractivity (Wildman–Crippen MR) is 92.1 cm³/mol. The quantitative estimate of drug-likeness (QED) is 0.795. The Hall–Kier alpha value is -0.810. The zero-order valence-corrected chi connectivity index (χ0v) is 14.3.